The van der Waals surface area contributed by atoms with Crippen LogP contribution < -0.4 is 0 Å². The van der Waals surface area contributed by atoms with Crippen LogP contribution in [0.15, 0.2) is 12.3 Å². The minimum absolute atomic E-state index is 0.0108. The summed E-state index contributed by atoms with van der Waals surface area (Å²) < 4.78 is 11.6. The molecule has 0 aliphatic rings. The Morgan fingerprint density at radius 1 is 1.59 bits per heavy atom. The Labute approximate surface area is 100 Å². The molecule has 0 aliphatic carbocycles. The van der Waals surface area contributed by atoms with Crippen LogP contribution in [0.3, 0.4) is 0 Å². The van der Waals surface area contributed by atoms with Crippen molar-refractivity contribution >= 4 is 12.3 Å². The van der Waals surface area contributed by atoms with Crippen molar-refractivity contribution in [1.82, 2.24) is 4.57 Å². The number of carbonyl (C=O) groups excluding carboxylic acids is 2. The molecule has 0 amide bonds. The van der Waals surface area contributed by atoms with Gasteiger partial charge in [-0.3, -0.25) is 4.79 Å². The van der Waals surface area contributed by atoms with Gasteiger partial charge in [0.1, 0.15) is 0 Å². The van der Waals surface area contributed by atoms with Gasteiger partial charge in [-0.2, -0.15) is 0 Å². The van der Waals surface area contributed by atoms with Gasteiger partial charge in [-0.25, -0.2) is 4.79 Å². The Kier molecular flexibility index (Phi) is 4.90. The quantitative estimate of drug-likeness (QED) is 0.560. The normalized spacial score (nSPS) is 12.2. The topological polar surface area (TPSA) is 57.5 Å². The van der Waals surface area contributed by atoms with E-state index in [0.29, 0.717) is 24.2 Å². The van der Waals surface area contributed by atoms with E-state index in [9.17, 15) is 9.59 Å². The first-order valence-electron chi connectivity index (χ1n) is 5.47. The third-order valence-electron chi connectivity index (χ3n) is 2.45. The summed E-state index contributed by atoms with van der Waals surface area (Å²) in [7, 11) is 1.59. The fraction of sp³-hybridized carbons (Fsp3) is 0.500. The lowest BCUT2D eigenvalue weighted by atomic mass is 10.2. The maximum atomic E-state index is 11.6. The summed E-state index contributed by atoms with van der Waals surface area (Å²) in [5.74, 6) is -0.474. The van der Waals surface area contributed by atoms with Gasteiger partial charge >= 0.3 is 5.97 Å². The lowest BCUT2D eigenvalue weighted by molar-refractivity contribution is 0.0523. The first-order valence-corrected chi connectivity index (χ1v) is 5.47. The number of carbonyl (C=O) groups is 2. The standard InChI is InChI=1S/C12H17NO4/c1-4-17-12(15)10-5-6-13(11(10)7-14)9(2)8-16-3/h5-7,9H,4,8H2,1-3H3. The van der Waals surface area contributed by atoms with Crippen molar-refractivity contribution in [1.29, 1.82) is 0 Å². The van der Waals surface area contributed by atoms with E-state index in [1.54, 1.807) is 30.9 Å². The number of nitrogens with zero attached hydrogens (tertiary/aromatic N) is 1. The molecule has 0 radical (unpaired) electrons. The molecule has 1 unspecified atom stereocenters. The van der Waals surface area contributed by atoms with Gasteiger partial charge in [0, 0.05) is 13.3 Å². The van der Waals surface area contributed by atoms with Gasteiger partial charge in [0.2, 0.25) is 0 Å². The minimum atomic E-state index is -0.474. The zero-order chi connectivity index (χ0) is 12.8. The van der Waals surface area contributed by atoms with Crippen molar-refractivity contribution in [2.75, 3.05) is 20.3 Å². The Morgan fingerprint density at radius 3 is 2.82 bits per heavy atom. The molecule has 0 bridgehead atoms. The predicted octanol–water partition coefficient (Wildman–Crippen LogP) is 1.68. The zero-order valence-corrected chi connectivity index (χ0v) is 10.3. The van der Waals surface area contributed by atoms with Crippen LogP contribution in [0.25, 0.3) is 0 Å². The number of hydrogen-bond donors (Lipinski definition) is 0. The molecule has 1 atom stereocenters. The first-order chi connectivity index (χ1) is 8.15. The Hall–Kier alpha value is -1.62. The molecular formula is C12H17NO4. The SMILES string of the molecule is CCOC(=O)c1ccn(C(C)COC)c1C=O. The van der Waals surface area contributed by atoms with E-state index in [1.165, 1.54) is 0 Å². The predicted molar refractivity (Wildman–Crippen MR) is 62.4 cm³/mol. The number of aldehydes is 1. The maximum Gasteiger partial charge on any atom is 0.340 e. The van der Waals surface area contributed by atoms with E-state index >= 15 is 0 Å². The molecule has 0 aromatic carbocycles. The molecule has 5 heteroatoms. The molecule has 1 aromatic heterocycles. The monoisotopic (exact) mass is 239 g/mol. The van der Waals surface area contributed by atoms with Crippen LogP contribution >= 0.6 is 0 Å². The zero-order valence-electron chi connectivity index (χ0n) is 10.3. The van der Waals surface area contributed by atoms with Crippen molar-refractivity contribution in [3.05, 3.63) is 23.5 Å². The van der Waals surface area contributed by atoms with Gasteiger partial charge in [0.25, 0.3) is 0 Å². The van der Waals surface area contributed by atoms with Crippen molar-refractivity contribution in [3.63, 3.8) is 0 Å². The molecule has 94 valence electrons. The number of aromatic nitrogens is 1. The number of rotatable bonds is 6. The molecule has 5 nitrogen and oxygen atoms in total. The second-order valence-electron chi connectivity index (χ2n) is 3.66. The highest BCUT2D eigenvalue weighted by Gasteiger charge is 2.18. The van der Waals surface area contributed by atoms with Crippen LogP contribution in [-0.2, 0) is 9.47 Å². The Morgan fingerprint density at radius 2 is 2.29 bits per heavy atom. The summed E-state index contributed by atoms with van der Waals surface area (Å²) in [4.78, 5) is 22.6. The molecule has 0 N–H and O–H groups in total. The van der Waals surface area contributed by atoms with Crippen LogP contribution in [0.1, 0.15) is 40.7 Å². The molecular weight excluding hydrogens is 222 g/mol. The maximum absolute atomic E-state index is 11.6. The van der Waals surface area contributed by atoms with Crippen LogP contribution in [0, 0.1) is 0 Å². The Balaban J connectivity index is 3.02. The molecule has 1 heterocycles. The molecule has 17 heavy (non-hydrogen) atoms. The molecule has 0 spiro atoms. The van der Waals surface area contributed by atoms with E-state index < -0.39 is 5.97 Å². The largest absolute Gasteiger partial charge is 0.462 e. The van der Waals surface area contributed by atoms with Crippen molar-refractivity contribution < 1.29 is 19.1 Å². The number of methoxy groups -OCH3 is 1. The van der Waals surface area contributed by atoms with Gasteiger partial charge in [-0.05, 0) is 19.9 Å². The van der Waals surface area contributed by atoms with Gasteiger partial charge in [0.05, 0.1) is 30.5 Å². The first kappa shape index (κ1) is 13.4. The van der Waals surface area contributed by atoms with Gasteiger partial charge in [0.15, 0.2) is 6.29 Å². The summed E-state index contributed by atoms with van der Waals surface area (Å²) in [6, 6.07) is 1.58. The second-order valence-corrected chi connectivity index (χ2v) is 3.66. The van der Waals surface area contributed by atoms with E-state index in [4.69, 9.17) is 9.47 Å². The fourth-order valence-electron chi connectivity index (χ4n) is 1.67. The average Bonchev–Trinajstić information content (AvgIpc) is 2.73. The molecule has 0 aliphatic heterocycles. The number of hydrogen-bond acceptors (Lipinski definition) is 4. The van der Waals surface area contributed by atoms with Crippen LogP contribution in [-0.4, -0.2) is 37.1 Å². The molecule has 0 fully saturated rings. The summed E-state index contributed by atoms with van der Waals surface area (Å²) in [6.07, 6.45) is 2.36. The van der Waals surface area contributed by atoms with E-state index in [0.717, 1.165) is 0 Å². The summed E-state index contributed by atoms with van der Waals surface area (Å²) >= 11 is 0. The summed E-state index contributed by atoms with van der Waals surface area (Å²) in [5, 5.41) is 0. The average molecular weight is 239 g/mol. The summed E-state index contributed by atoms with van der Waals surface area (Å²) in [5.41, 5.74) is 0.623. The molecule has 0 saturated heterocycles. The van der Waals surface area contributed by atoms with Crippen LogP contribution in [0.4, 0.5) is 0 Å². The molecule has 0 saturated carbocycles. The Bertz CT molecular complexity index is 397. The highest BCUT2D eigenvalue weighted by atomic mass is 16.5. The van der Waals surface area contributed by atoms with Gasteiger partial charge in [-0.15, -0.1) is 0 Å². The van der Waals surface area contributed by atoms with E-state index in [-0.39, 0.29) is 12.6 Å². The van der Waals surface area contributed by atoms with Crippen LogP contribution in [0.5, 0.6) is 0 Å². The second kappa shape index (κ2) is 6.20. The highest BCUT2D eigenvalue weighted by molar-refractivity contribution is 5.97. The number of ether oxygens (including phenoxy) is 2. The van der Waals surface area contributed by atoms with E-state index in [2.05, 4.69) is 0 Å². The summed E-state index contributed by atoms with van der Waals surface area (Å²) in [6.45, 7) is 4.39. The minimum Gasteiger partial charge on any atom is -0.462 e. The highest BCUT2D eigenvalue weighted by Crippen LogP contribution is 2.16. The van der Waals surface area contributed by atoms with Crippen LogP contribution in [0.2, 0.25) is 0 Å². The number of esters is 1. The molecule has 1 rings (SSSR count). The van der Waals surface area contributed by atoms with Gasteiger partial charge in [-0.1, -0.05) is 0 Å². The lowest BCUT2D eigenvalue weighted by Crippen LogP contribution is -2.15. The molecule has 1 aromatic rings. The third kappa shape index (κ3) is 2.94. The van der Waals surface area contributed by atoms with E-state index in [1.807, 2.05) is 6.92 Å². The van der Waals surface area contributed by atoms with Crippen molar-refractivity contribution in [2.45, 2.75) is 19.9 Å². The van der Waals surface area contributed by atoms with Crippen molar-refractivity contribution in [2.24, 2.45) is 0 Å². The van der Waals surface area contributed by atoms with Crippen molar-refractivity contribution in [3.8, 4) is 0 Å². The third-order valence-corrected chi connectivity index (χ3v) is 2.45. The fourth-order valence-corrected chi connectivity index (χ4v) is 1.67. The smallest absolute Gasteiger partial charge is 0.340 e. The van der Waals surface area contributed by atoms with Gasteiger partial charge < -0.3 is 14.0 Å². The lowest BCUT2D eigenvalue weighted by Gasteiger charge is -2.14.